The highest BCUT2D eigenvalue weighted by molar-refractivity contribution is 7.85. The Kier molecular flexibility index (Phi) is 7.70. The van der Waals surface area contributed by atoms with Gasteiger partial charge in [0.15, 0.2) is 0 Å². The van der Waals surface area contributed by atoms with Gasteiger partial charge in [0.05, 0.1) is 16.7 Å². The number of imide groups is 1. The summed E-state index contributed by atoms with van der Waals surface area (Å²) >= 11 is 0. The Morgan fingerprint density at radius 3 is 1.86 bits per heavy atom. The van der Waals surface area contributed by atoms with Gasteiger partial charge in [0.1, 0.15) is 28.0 Å². The maximum Gasteiger partial charge on any atom is 0.425 e. The predicted molar refractivity (Wildman–Crippen MR) is 115 cm³/mol. The molecule has 0 N–H and O–H groups in total. The van der Waals surface area contributed by atoms with Crippen molar-refractivity contribution in [2.75, 3.05) is 4.90 Å². The van der Waals surface area contributed by atoms with Crippen LogP contribution in [-0.4, -0.2) is 43.5 Å². The molecule has 9 heteroatoms. The molecular weight excluding hydrogens is 394 g/mol. The lowest BCUT2D eigenvalue weighted by Crippen LogP contribution is -2.44. The molecule has 0 aliphatic heterocycles. The van der Waals surface area contributed by atoms with Crippen LogP contribution < -0.4 is 4.90 Å². The maximum absolute atomic E-state index is 12.7. The van der Waals surface area contributed by atoms with E-state index in [1.54, 1.807) is 74.4 Å². The number of amides is 2. The minimum absolute atomic E-state index is 0.0130. The van der Waals surface area contributed by atoms with Crippen LogP contribution in [0.25, 0.3) is 0 Å². The lowest BCUT2D eigenvalue weighted by molar-refractivity contribution is 0.0429. The highest BCUT2D eigenvalue weighted by atomic mass is 32.2. The summed E-state index contributed by atoms with van der Waals surface area (Å²) in [6.07, 6.45) is -0.481. The van der Waals surface area contributed by atoms with E-state index >= 15 is 0 Å². The zero-order chi connectivity index (χ0) is 22.6. The number of nitrogens with zero attached hydrogens (tertiary/aromatic N) is 3. The predicted octanol–water partition coefficient (Wildman–Crippen LogP) is 4.64. The summed E-state index contributed by atoms with van der Waals surface area (Å²) in [7, 11) is -1.47. The Hall–Kier alpha value is -2.29. The first-order valence-corrected chi connectivity index (χ1v) is 10.3. The van der Waals surface area contributed by atoms with Gasteiger partial charge in [-0.25, -0.2) is 18.8 Å². The molecule has 2 amide bonds. The van der Waals surface area contributed by atoms with E-state index in [0.717, 1.165) is 4.90 Å². The molecule has 1 heterocycles. The molecule has 0 aliphatic carbocycles. The van der Waals surface area contributed by atoms with Crippen molar-refractivity contribution in [2.45, 2.75) is 78.3 Å². The minimum atomic E-state index is -1.47. The second-order valence-electron chi connectivity index (χ2n) is 9.31. The third kappa shape index (κ3) is 8.72. The van der Waals surface area contributed by atoms with E-state index in [0.29, 0.717) is 5.69 Å². The van der Waals surface area contributed by atoms with Crippen LogP contribution in [-0.2, 0) is 20.5 Å². The van der Waals surface area contributed by atoms with E-state index in [1.807, 2.05) is 0 Å². The van der Waals surface area contributed by atoms with Crippen molar-refractivity contribution in [3.05, 3.63) is 23.9 Å². The molecule has 0 unspecified atom stereocenters. The minimum Gasteiger partial charge on any atom is -0.443 e. The fourth-order valence-corrected chi connectivity index (χ4v) is 2.29. The molecule has 0 bridgehead atoms. The van der Waals surface area contributed by atoms with Crippen molar-refractivity contribution < 1.29 is 23.3 Å². The molecule has 1 rings (SSSR count). The fraction of sp³-hybridized carbons (Fsp3) is 0.600. The van der Waals surface area contributed by atoms with Crippen molar-refractivity contribution in [3.63, 3.8) is 0 Å². The molecule has 0 spiro atoms. The highest BCUT2D eigenvalue weighted by Gasteiger charge is 2.33. The zero-order valence-electron chi connectivity index (χ0n) is 18.6. The molecule has 29 heavy (non-hydrogen) atoms. The van der Waals surface area contributed by atoms with E-state index in [-0.39, 0.29) is 5.82 Å². The molecule has 0 saturated heterocycles. The van der Waals surface area contributed by atoms with E-state index < -0.39 is 39.1 Å². The molecule has 0 aromatic carbocycles. The van der Waals surface area contributed by atoms with Crippen molar-refractivity contribution in [1.82, 2.24) is 4.98 Å². The number of aromatic nitrogens is 1. The number of anilines is 1. The van der Waals surface area contributed by atoms with Gasteiger partial charge in [-0.05, 0) is 74.4 Å². The lowest BCUT2D eigenvalue weighted by Gasteiger charge is -2.28. The topological polar surface area (TPSA) is 98.2 Å². The summed E-state index contributed by atoms with van der Waals surface area (Å²) in [5.74, 6) is 0.0130. The number of rotatable bonds is 3. The highest BCUT2D eigenvalue weighted by Crippen LogP contribution is 2.20. The lowest BCUT2D eigenvalue weighted by atomic mass is 10.2. The zero-order valence-corrected chi connectivity index (χ0v) is 19.4. The molecule has 0 fully saturated rings. The molecule has 8 nitrogen and oxygen atoms in total. The SMILES string of the molecule is CC(C)(C)OC(=O)N(C(=O)OC(C)(C)C)c1cccc(/C=N/[S@](=O)C(C)(C)C)n1. The Morgan fingerprint density at radius 2 is 1.45 bits per heavy atom. The molecule has 0 aliphatic rings. The first kappa shape index (κ1) is 24.7. The Morgan fingerprint density at radius 1 is 0.966 bits per heavy atom. The number of pyridine rings is 1. The smallest absolute Gasteiger partial charge is 0.425 e. The summed E-state index contributed by atoms with van der Waals surface area (Å²) in [6, 6.07) is 4.70. The van der Waals surface area contributed by atoms with Gasteiger partial charge in [-0.3, -0.25) is 0 Å². The monoisotopic (exact) mass is 425 g/mol. The van der Waals surface area contributed by atoms with Crippen molar-refractivity contribution >= 4 is 35.2 Å². The Labute approximate surface area is 175 Å². The van der Waals surface area contributed by atoms with Gasteiger partial charge in [0.25, 0.3) is 0 Å². The summed E-state index contributed by atoms with van der Waals surface area (Å²) in [6.45, 7) is 15.6. The second-order valence-corrected chi connectivity index (χ2v) is 11.2. The summed E-state index contributed by atoms with van der Waals surface area (Å²) in [5.41, 5.74) is -1.31. The quantitative estimate of drug-likeness (QED) is 0.654. The van der Waals surface area contributed by atoms with Gasteiger partial charge < -0.3 is 9.47 Å². The van der Waals surface area contributed by atoms with Crippen LogP contribution in [0.1, 0.15) is 68.0 Å². The number of hydrogen-bond acceptors (Lipinski definition) is 6. The number of carbonyl (C=O) groups is 2. The third-order valence-corrected chi connectivity index (χ3v) is 4.29. The van der Waals surface area contributed by atoms with Gasteiger partial charge in [-0.15, -0.1) is 0 Å². The van der Waals surface area contributed by atoms with E-state index in [2.05, 4.69) is 9.38 Å². The number of hydrogen-bond donors (Lipinski definition) is 0. The van der Waals surface area contributed by atoms with Crippen LogP contribution in [0.4, 0.5) is 15.4 Å². The average Bonchev–Trinajstić information content (AvgIpc) is 2.48. The molecule has 0 radical (unpaired) electrons. The van der Waals surface area contributed by atoms with Gasteiger partial charge in [-0.2, -0.15) is 9.30 Å². The van der Waals surface area contributed by atoms with Crippen LogP contribution >= 0.6 is 0 Å². The largest absolute Gasteiger partial charge is 0.443 e. The van der Waals surface area contributed by atoms with Crippen molar-refractivity contribution in [1.29, 1.82) is 0 Å². The summed E-state index contributed by atoms with van der Waals surface area (Å²) in [4.78, 5) is 30.4. The Bertz CT molecular complexity index is 774. The number of carbonyl (C=O) groups excluding carboxylic acids is 2. The van der Waals surface area contributed by atoms with Crippen LogP contribution in [0.3, 0.4) is 0 Å². The van der Waals surface area contributed by atoms with Crippen LogP contribution in [0.2, 0.25) is 0 Å². The summed E-state index contributed by atoms with van der Waals surface area (Å²) < 4.78 is 26.3. The molecular formula is C20H31N3O5S. The molecule has 162 valence electrons. The maximum atomic E-state index is 12.7. The standard InChI is InChI=1S/C20H31N3O5S/c1-18(2,3)27-16(24)23(17(25)28-19(4,5)6)15-12-10-11-14(22-15)13-21-29(26)20(7,8)9/h10-13H,1-9H3/b21-13+/t29-/m1/s1. The van der Waals surface area contributed by atoms with Gasteiger partial charge in [0, 0.05) is 0 Å². The van der Waals surface area contributed by atoms with E-state index in [1.165, 1.54) is 12.3 Å². The van der Waals surface area contributed by atoms with E-state index in [9.17, 15) is 13.8 Å². The van der Waals surface area contributed by atoms with Crippen molar-refractivity contribution in [3.8, 4) is 0 Å². The van der Waals surface area contributed by atoms with Crippen LogP contribution in [0.15, 0.2) is 22.6 Å². The normalized spacial score (nSPS) is 13.8. The first-order valence-electron chi connectivity index (χ1n) is 9.19. The third-order valence-electron chi connectivity index (χ3n) is 2.94. The van der Waals surface area contributed by atoms with Crippen LogP contribution in [0.5, 0.6) is 0 Å². The van der Waals surface area contributed by atoms with Crippen LogP contribution in [0, 0.1) is 0 Å². The van der Waals surface area contributed by atoms with Gasteiger partial charge >= 0.3 is 12.2 Å². The average molecular weight is 426 g/mol. The molecule has 1 aromatic rings. The number of ether oxygens (including phenoxy) is 2. The summed E-state index contributed by atoms with van der Waals surface area (Å²) in [5, 5.41) is 0. The second kappa shape index (κ2) is 9.02. The van der Waals surface area contributed by atoms with Gasteiger partial charge in [-0.1, -0.05) is 6.07 Å². The molecule has 1 atom stereocenters. The Balaban J connectivity index is 3.28. The van der Waals surface area contributed by atoms with Gasteiger partial charge in [0.2, 0.25) is 0 Å². The first-order chi connectivity index (χ1) is 13.0. The van der Waals surface area contributed by atoms with E-state index in [4.69, 9.17) is 9.47 Å². The van der Waals surface area contributed by atoms with Crippen molar-refractivity contribution in [2.24, 2.45) is 4.40 Å². The molecule has 1 aromatic heterocycles. The molecule has 0 saturated carbocycles. The fourth-order valence-electron chi connectivity index (χ4n) is 1.77.